The molecule has 2 nitrogen and oxygen atoms in total. The first-order valence-corrected chi connectivity index (χ1v) is 7.00. The molecule has 0 aliphatic carbocycles. The highest BCUT2D eigenvalue weighted by Gasteiger charge is 2.16. The third kappa shape index (κ3) is 3.46. The van der Waals surface area contributed by atoms with E-state index >= 15 is 0 Å². The lowest BCUT2D eigenvalue weighted by Crippen LogP contribution is -2.31. The van der Waals surface area contributed by atoms with Crippen LogP contribution in [0.15, 0.2) is 22.7 Å². The maximum Gasteiger partial charge on any atom is 0.0782 e. The van der Waals surface area contributed by atoms with Crippen molar-refractivity contribution in [2.45, 2.75) is 45.8 Å². The van der Waals surface area contributed by atoms with Gasteiger partial charge in [0.25, 0.3) is 0 Å². The summed E-state index contributed by atoms with van der Waals surface area (Å²) in [5.41, 5.74) is 2.10. The van der Waals surface area contributed by atoms with Gasteiger partial charge in [0, 0.05) is 28.8 Å². The van der Waals surface area contributed by atoms with Crippen LogP contribution in [0.25, 0.3) is 0 Å². The maximum atomic E-state index is 9.86. The average molecular weight is 300 g/mol. The number of benzene rings is 1. The van der Waals surface area contributed by atoms with Crippen molar-refractivity contribution in [1.29, 1.82) is 0 Å². The molecule has 0 saturated heterocycles. The summed E-state index contributed by atoms with van der Waals surface area (Å²) in [5.74, 6) is 0. The number of anilines is 1. The quantitative estimate of drug-likeness (QED) is 0.884. The van der Waals surface area contributed by atoms with Crippen molar-refractivity contribution < 1.29 is 5.11 Å². The molecule has 0 saturated carbocycles. The molecule has 1 N–H and O–H groups in total. The van der Waals surface area contributed by atoms with Gasteiger partial charge in [0.1, 0.15) is 0 Å². The van der Waals surface area contributed by atoms with Crippen molar-refractivity contribution >= 4 is 21.6 Å². The Morgan fingerprint density at radius 2 is 1.88 bits per heavy atom. The lowest BCUT2D eigenvalue weighted by Gasteiger charge is -2.31. The fourth-order valence-corrected chi connectivity index (χ4v) is 2.59. The minimum atomic E-state index is -0.445. The van der Waals surface area contributed by atoms with Crippen molar-refractivity contribution in [3.63, 3.8) is 0 Å². The van der Waals surface area contributed by atoms with Gasteiger partial charge < -0.3 is 10.0 Å². The highest BCUT2D eigenvalue weighted by molar-refractivity contribution is 9.10. The summed E-state index contributed by atoms with van der Waals surface area (Å²) in [6.07, 6.45) is 1.78. The van der Waals surface area contributed by atoms with E-state index in [1.807, 2.05) is 19.1 Å². The molecule has 17 heavy (non-hydrogen) atoms. The number of nitrogens with zero attached hydrogens (tertiary/aromatic N) is 1. The molecule has 0 fully saturated rings. The fraction of sp³-hybridized carbons (Fsp3) is 0.571. The van der Waals surface area contributed by atoms with E-state index in [0.29, 0.717) is 6.04 Å². The van der Waals surface area contributed by atoms with Crippen LogP contribution in [0.2, 0.25) is 0 Å². The molecule has 0 heterocycles. The number of aliphatic hydroxyl groups excluding tert-OH is 1. The molecule has 1 rings (SSSR count). The highest BCUT2D eigenvalue weighted by atomic mass is 79.9. The zero-order chi connectivity index (χ0) is 13.0. The van der Waals surface area contributed by atoms with E-state index in [-0.39, 0.29) is 0 Å². The van der Waals surface area contributed by atoms with Crippen LogP contribution in [0.3, 0.4) is 0 Å². The molecule has 1 aromatic rings. The SMILES string of the molecule is CCC(CC)N(C)c1ccc(Br)cc1C(C)O. The van der Waals surface area contributed by atoms with Gasteiger partial charge in [-0.1, -0.05) is 29.8 Å². The highest BCUT2D eigenvalue weighted by Crippen LogP contribution is 2.30. The second kappa shape index (κ2) is 6.41. The first kappa shape index (κ1) is 14.5. The van der Waals surface area contributed by atoms with Crippen molar-refractivity contribution in [3.8, 4) is 0 Å². The van der Waals surface area contributed by atoms with Crippen molar-refractivity contribution in [2.24, 2.45) is 0 Å². The van der Waals surface area contributed by atoms with E-state index in [0.717, 1.165) is 28.6 Å². The van der Waals surface area contributed by atoms with Gasteiger partial charge in [-0.25, -0.2) is 0 Å². The Labute approximate surface area is 113 Å². The Balaban J connectivity index is 3.11. The molecule has 96 valence electrons. The molecule has 1 aromatic carbocycles. The zero-order valence-corrected chi connectivity index (χ0v) is 12.7. The molecule has 0 amide bonds. The Kier molecular flexibility index (Phi) is 5.47. The third-order valence-electron chi connectivity index (χ3n) is 3.31. The minimum Gasteiger partial charge on any atom is -0.389 e. The van der Waals surface area contributed by atoms with Crippen molar-refractivity contribution in [2.75, 3.05) is 11.9 Å². The minimum absolute atomic E-state index is 0.445. The Morgan fingerprint density at radius 3 is 2.35 bits per heavy atom. The van der Waals surface area contributed by atoms with Gasteiger partial charge in [0.05, 0.1) is 6.10 Å². The van der Waals surface area contributed by atoms with E-state index in [9.17, 15) is 5.11 Å². The van der Waals surface area contributed by atoms with Crippen LogP contribution in [0.1, 0.15) is 45.3 Å². The molecule has 0 aromatic heterocycles. The van der Waals surface area contributed by atoms with Crippen LogP contribution in [-0.2, 0) is 0 Å². The zero-order valence-electron chi connectivity index (χ0n) is 11.1. The summed E-state index contributed by atoms with van der Waals surface area (Å²) >= 11 is 3.46. The molecule has 0 bridgehead atoms. The summed E-state index contributed by atoms with van der Waals surface area (Å²) in [4.78, 5) is 2.27. The van der Waals surface area contributed by atoms with Gasteiger partial charge in [-0.15, -0.1) is 0 Å². The van der Waals surface area contributed by atoms with Crippen LogP contribution in [0, 0.1) is 0 Å². The monoisotopic (exact) mass is 299 g/mol. The predicted molar refractivity (Wildman–Crippen MR) is 77.5 cm³/mol. The third-order valence-corrected chi connectivity index (χ3v) is 3.80. The summed E-state index contributed by atoms with van der Waals surface area (Å²) in [6.45, 7) is 6.21. The summed E-state index contributed by atoms with van der Waals surface area (Å²) in [7, 11) is 2.10. The molecule has 1 atom stereocenters. The van der Waals surface area contributed by atoms with Crippen LogP contribution in [0.5, 0.6) is 0 Å². The molecule has 0 aliphatic heterocycles. The number of hydrogen-bond acceptors (Lipinski definition) is 2. The first-order chi connectivity index (χ1) is 8.01. The van der Waals surface area contributed by atoms with Crippen molar-refractivity contribution in [3.05, 3.63) is 28.2 Å². The van der Waals surface area contributed by atoms with Crippen LogP contribution in [-0.4, -0.2) is 18.2 Å². The van der Waals surface area contributed by atoms with E-state index in [1.54, 1.807) is 0 Å². The lowest BCUT2D eigenvalue weighted by atomic mass is 10.0. The van der Waals surface area contributed by atoms with Gasteiger partial charge in [-0.05, 0) is 38.0 Å². The Hall–Kier alpha value is -0.540. The van der Waals surface area contributed by atoms with Crippen LogP contribution < -0.4 is 4.90 Å². The molecule has 3 heteroatoms. The van der Waals surface area contributed by atoms with Crippen molar-refractivity contribution in [1.82, 2.24) is 0 Å². The summed E-state index contributed by atoms with van der Waals surface area (Å²) in [6, 6.07) is 6.62. The Morgan fingerprint density at radius 1 is 1.29 bits per heavy atom. The van der Waals surface area contributed by atoms with Gasteiger partial charge in [0.15, 0.2) is 0 Å². The van der Waals surface area contributed by atoms with E-state index in [1.165, 1.54) is 0 Å². The van der Waals surface area contributed by atoms with E-state index in [2.05, 4.69) is 47.8 Å². The molecular formula is C14H22BrNO. The number of hydrogen-bond donors (Lipinski definition) is 1. The number of aliphatic hydroxyl groups is 1. The molecule has 0 spiro atoms. The van der Waals surface area contributed by atoms with Crippen LogP contribution >= 0.6 is 15.9 Å². The van der Waals surface area contributed by atoms with Gasteiger partial charge in [-0.3, -0.25) is 0 Å². The fourth-order valence-electron chi connectivity index (χ4n) is 2.21. The van der Waals surface area contributed by atoms with E-state index < -0.39 is 6.10 Å². The molecule has 1 unspecified atom stereocenters. The normalized spacial score (nSPS) is 12.9. The van der Waals surface area contributed by atoms with E-state index in [4.69, 9.17) is 0 Å². The largest absolute Gasteiger partial charge is 0.389 e. The summed E-state index contributed by atoms with van der Waals surface area (Å²) < 4.78 is 1.01. The second-order valence-electron chi connectivity index (χ2n) is 4.46. The van der Waals surface area contributed by atoms with Gasteiger partial charge in [0.2, 0.25) is 0 Å². The topological polar surface area (TPSA) is 23.5 Å². The molecule has 0 aliphatic rings. The Bertz CT molecular complexity index is 361. The van der Waals surface area contributed by atoms with Gasteiger partial charge in [-0.2, -0.15) is 0 Å². The molecular weight excluding hydrogens is 278 g/mol. The average Bonchev–Trinajstić information content (AvgIpc) is 2.30. The maximum absolute atomic E-state index is 9.86. The van der Waals surface area contributed by atoms with Crippen LogP contribution in [0.4, 0.5) is 5.69 Å². The second-order valence-corrected chi connectivity index (χ2v) is 5.38. The number of halogens is 1. The lowest BCUT2D eigenvalue weighted by molar-refractivity contribution is 0.199. The predicted octanol–water partition coefficient (Wildman–Crippen LogP) is 4.13. The first-order valence-electron chi connectivity index (χ1n) is 6.21. The molecule has 0 radical (unpaired) electrons. The van der Waals surface area contributed by atoms with Gasteiger partial charge >= 0.3 is 0 Å². The summed E-state index contributed by atoms with van der Waals surface area (Å²) in [5, 5.41) is 9.86. The smallest absolute Gasteiger partial charge is 0.0782 e. The number of rotatable bonds is 5. The standard InChI is InChI=1S/C14H22BrNO/c1-5-12(6-2)16(4)14-8-7-11(15)9-13(14)10(3)17/h7-10,12,17H,5-6H2,1-4H3.